The smallest absolute Gasteiger partial charge is 0.133 e. The molecular weight excluding hydrogens is 174 g/mol. The average molecular weight is 186 g/mol. The first kappa shape index (κ1) is 10.1. The zero-order chi connectivity index (χ0) is 10.0. The molecule has 0 aliphatic heterocycles. The summed E-state index contributed by atoms with van der Waals surface area (Å²) >= 11 is 0. The lowest BCUT2D eigenvalue weighted by Gasteiger charge is -2.12. The molecule has 2 nitrogen and oxygen atoms in total. The van der Waals surface area contributed by atoms with Crippen molar-refractivity contribution in [3.63, 3.8) is 0 Å². The second-order valence-corrected chi connectivity index (χ2v) is 2.93. The van der Waals surface area contributed by atoms with Crippen LogP contribution in [0.4, 0.5) is 8.78 Å². The van der Waals surface area contributed by atoms with Gasteiger partial charge in [-0.05, 0) is 18.6 Å². The molecule has 0 amide bonds. The van der Waals surface area contributed by atoms with Gasteiger partial charge < -0.3 is 11.5 Å². The molecule has 1 aromatic carbocycles. The minimum Gasteiger partial charge on any atom is -0.329 e. The largest absolute Gasteiger partial charge is 0.329 e. The summed E-state index contributed by atoms with van der Waals surface area (Å²) in [4.78, 5) is 0. The van der Waals surface area contributed by atoms with Crippen molar-refractivity contribution in [1.29, 1.82) is 0 Å². The third-order valence-corrected chi connectivity index (χ3v) is 1.94. The summed E-state index contributed by atoms with van der Waals surface area (Å²) in [5, 5.41) is 0. The van der Waals surface area contributed by atoms with Crippen molar-refractivity contribution < 1.29 is 8.78 Å². The van der Waals surface area contributed by atoms with Gasteiger partial charge >= 0.3 is 0 Å². The van der Waals surface area contributed by atoms with E-state index in [2.05, 4.69) is 0 Å². The van der Waals surface area contributed by atoms with Crippen molar-refractivity contribution in [2.45, 2.75) is 13.0 Å². The maximum absolute atomic E-state index is 13.3. The van der Waals surface area contributed by atoms with E-state index in [1.165, 1.54) is 12.1 Å². The van der Waals surface area contributed by atoms with Crippen LogP contribution in [0, 0.1) is 18.6 Å². The van der Waals surface area contributed by atoms with Crippen LogP contribution in [0.15, 0.2) is 12.1 Å². The summed E-state index contributed by atoms with van der Waals surface area (Å²) in [6.07, 6.45) is 0. The molecule has 0 fully saturated rings. The highest BCUT2D eigenvalue weighted by Crippen LogP contribution is 2.20. The highest BCUT2D eigenvalue weighted by molar-refractivity contribution is 5.29. The van der Waals surface area contributed by atoms with Gasteiger partial charge in [0.05, 0.1) is 0 Å². The summed E-state index contributed by atoms with van der Waals surface area (Å²) in [5.74, 6) is -1.24. The number of hydrogen-bond donors (Lipinski definition) is 2. The van der Waals surface area contributed by atoms with Gasteiger partial charge in [-0.2, -0.15) is 0 Å². The lowest BCUT2D eigenvalue weighted by Crippen LogP contribution is -2.23. The summed E-state index contributed by atoms with van der Waals surface area (Å²) in [6.45, 7) is 1.58. The van der Waals surface area contributed by atoms with Crippen LogP contribution in [0.5, 0.6) is 0 Å². The van der Waals surface area contributed by atoms with Gasteiger partial charge in [0.2, 0.25) is 0 Å². The number of nitrogens with two attached hydrogens (primary N) is 2. The molecule has 0 spiro atoms. The van der Waals surface area contributed by atoms with Gasteiger partial charge in [-0.1, -0.05) is 6.07 Å². The monoisotopic (exact) mass is 186 g/mol. The van der Waals surface area contributed by atoms with E-state index >= 15 is 0 Å². The van der Waals surface area contributed by atoms with Gasteiger partial charge in [0.15, 0.2) is 0 Å². The van der Waals surface area contributed by atoms with Crippen LogP contribution >= 0.6 is 0 Å². The number of rotatable bonds is 2. The molecule has 0 aliphatic rings. The Labute approximate surface area is 75.5 Å². The molecule has 0 bridgehead atoms. The molecule has 0 heterocycles. The minimum atomic E-state index is -0.778. The standard InChI is InChI=1S/C9H12F2N2/c1-5-2-3-6(10)8(9(5)11)7(13)4-12/h2-3,7H,4,12-13H2,1H3/t7-/m1/s1. The van der Waals surface area contributed by atoms with Crippen LogP contribution in [-0.4, -0.2) is 6.54 Å². The zero-order valence-corrected chi connectivity index (χ0v) is 7.35. The van der Waals surface area contributed by atoms with E-state index < -0.39 is 17.7 Å². The highest BCUT2D eigenvalue weighted by atomic mass is 19.1. The number of benzene rings is 1. The van der Waals surface area contributed by atoms with Gasteiger partial charge in [0.25, 0.3) is 0 Å². The van der Waals surface area contributed by atoms with E-state index in [1.807, 2.05) is 0 Å². The van der Waals surface area contributed by atoms with Crippen LogP contribution in [0.25, 0.3) is 0 Å². The van der Waals surface area contributed by atoms with Crippen molar-refractivity contribution >= 4 is 0 Å². The Morgan fingerprint density at radius 3 is 2.54 bits per heavy atom. The molecule has 1 atom stereocenters. The first-order valence-corrected chi connectivity index (χ1v) is 3.98. The molecular formula is C9H12F2N2. The molecule has 4 N–H and O–H groups in total. The second kappa shape index (κ2) is 3.81. The maximum atomic E-state index is 13.3. The number of halogens is 2. The second-order valence-electron chi connectivity index (χ2n) is 2.93. The molecule has 1 aromatic rings. The SMILES string of the molecule is Cc1ccc(F)c([C@H](N)CN)c1F. The van der Waals surface area contributed by atoms with Crippen LogP contribution < -0.4 is 11.5 Å². The van der Waals surface area contributed by atoms with Crippen LogP contribution in [0.3, 0.4) is 0 Å². The van der Waals surface area contributed by atoms with Crippen molar-refractivity contribution in [3.05, 3.63) is 34.9 Å². The number of hydrogen-bond acceptors (Lipinski definition) is 2. The molecule has 0 radical (unpaired) electrons. The normalized spacial score (nSPS) is 13.0. The Bertz CT molecular complexity index is 313. The average Bonchev–Trinajstić information content (AvgIpc) is 2.12. The lowest BCUT2D eigenvalue weighted by atomic mass is 10.0. The molecule has 1 rings (SSSR count). The van der Waals surface area contributed by atoms with Gasteiger partial charge in [-0.25, -0.2) is 8.78 Å². The summed E-state index contributed by atoms with van der Waals surface area (Å²) in [6, 6.07) is 1.79. The molecule has 0 saturated heterocycles. The van der Waals surface area contributed by atoms with Crippen molar-refractivity contribution in [3.8, 4) is 0 Å². The van der Waals surface area contributed by atoms with Crippen molar-refractivity contribution in [2.75, 3.05) is 6.54 Å². The zero-order valence-electron chi connectivity index (χ0n) is 7.35. The predicted octanol–water partition coefficient (Wildman–Crippen LogP) is 1.23. The molecule has 0 aromatic heterocycles. The van der Waals surface area contributed by atoms with E-state index in [0.717, 1.165) is 0 Å². The Morgan fingerprint density at radius 2 is 2.00 bits per heavy atom. The first-order chi connectivity index (χ1) is 6.07. The molecule has 4 heteroatoms. The highest BCUT2D eigenvalue weighted by Gasteiger charge is 2.16. The van der Waals surface area contributed by atoms with E-state index in [-0.39, 0.29) is 12.1 Å². The van der Waals surface area contributed by atoms with Gasteiger partial charge in [-0.15, -0.1) is 0 Å². The van der Waals surface area contributed by atoms with Crippen molar-refractivity contribution in [1.82, 2.24) is 0 Å². The fourth-order valence-electron chi connectivity index (χ4n) is 1.14. The van der Waals surface area contributed by atoms with Crippen LogP contribution in [0.2, 0.25) is 0 Å². The summed E-state index contributed by atoms with van der Waals surface area (Å²) in [7, 11) is 0. The van der Waals surface area contributed by atoms with Crippen LogP contribution in [-0.2, 0) is 0 Å². The van der Waals surface area contributed by atoms with E-state index in [4.69, 9.17) is 11.5 Å². The molecule has 0 saturated carbocycles. The maximum Gasteiger partial charge on any atom is 0.133 e. The minimum absolute atomic E-state index is 0.0251. The number of aryl methyl sites for hydroxylation is 1. The quantitative estimate of drug-likeness (QED) is 0.729. The Balaban J connectivity index is 3.25. The van der Waals surface area contributed by atoms with Gasteiger partial charge in [0.1, 0.15) is 11.6 Å². The Morgan fingerprint density at radius 1 is 1.38 bits per heavy atom. The topological polar surface area (TPSA) is 52.0 Å². The summed E-state index contributed by atoms with van der Waals surface area (Å²) < 4.78 is 26.4. The molecule has 0 aliphatic carbocycles. The Hall–Kier alpha value is -1.00. The van der Waals surface area contributed by atoms with E-state index in [0.29, 0.717) is 5.56 Å². The molecule has 72 valence electrons. The molecule has 13 heavy (non-hydrogen) atoms. The fourth-order valence-corrected chi connectivity index (χ4v) is 1.14. The Kier molecular flexibility index (Phi) is 2.95. The third-order valence-electron chi connectivity index (χ3n) is 1.94. The van der Waals surface area contributed by atoms with Crippen LogP contribution in [0.1, 0.15) is 17.2 Å². The third kappa shape index (κ3) is 1.84. The predicted molar refractivity (Wildman–Crippen MR) is 47.1 cm³/mol. The lowest BCUT2D eigenvalue weighted by molar-refractivity contribution is 0.523. The molecule has 0 unspecified atom stereocenters. The van der Waals surface area contributed by atoms with Gasteiger partial charge in [-0.3, -0.25) is 0 Å². The first-order valence-electron chi connectivity index (χ1n) is 3.98. The van der Waals surface area contributed by atoms with E-state index in [1.54, 1.807) is 6.92 Å². The fraction of sp³-hybridized carbons (Fsp3) is 0.333. The van der Waals surface area contributed by atoms with Crippen molar-refractivity contribution in [2.24, 2.45) is 11.5 Å². The van der Waals surface area contributed by atoms with Gasteiger partial charge in [0, 0.05) is 18.2 Å². The van der Waals surface area contributed by atoms with E-state index in [9.17, 15) is 8.78 Å². The summed E-state index contributed by atoms with van der Waals surface area (Å²) in [5.41, 5.74) is 10.9.